The second kappa shape index (κ2) is 9.33. The summed E-state index contributed by atoms with van der Waals surface area (Å²) in [5.41, 5.74) is 3.30. The van der Waals surface area contributed by atoms with Gasteiger partial charge in [-0.25, -0.2) is 0 Å². The average Bonchev–Trinajstić information content (AvgIpc) is 3.19. The fourth-order valence-electron chi connectivity index (χ4n) is 3.25. The van der Waals surface area contributed by atoms with Crippen LogP contribution in [-0.2, 0) is 16.8 Å². The van der Waals surface area contributed by atoms with E-state index in [9.17, 15) is 4.79 Å². The first-order valence-corrected chi connectivity index (χ1v) is 10.6. The minimum atomic E-state index is -0.579. The van der Waals surface area contributed by atoms with Crippen LogP contribution in [0.15, 0.2) is 53.1 Å². The molecule has 0 saturated carbocycles. The van der Waals surface area contributed by atoms with E-state index < -0.39 is 6.10 Å². The van der Waals surface area contributed by atoms with Crippen molar-refractivity contribution in [2.45, 2.75) is 59.1 Å². The number of hydrogen-bond donors (Lipinski definition) is 0. The molecule has 0 radical (unpaired) electrons. The lowest BCUT2D eigenvalue weighted by Crippen LogP contribution is -2.39. The van der Waals surface area contributed by atoms with Crippen molar-refractivity contribution in [2.75, 3.05) is 7.05 Å². The predicted octanol–water partition coefficient (Wildman–Crippen LogP) is 5.16. The molecule has 6 nitrogen and oxygen atoms in total. The Balaban J connectivity index is 1.64. The van der Waals surface area contributed by atoms with Crippen molar-refractivity contribution in [3.8, 4) is 17.1 Å². The van der Waals surface area contributed by atoms with Gasteiger partial charge in [0.2, 0.25) is 11.7 Å². The van der Waals surface area contributed by atoms with Gasteiger partial charge < -0.3 is 14.2 Å². The molecule has 164 valence electrons. The van der Waals surface area contributed by atoms with Crippen molar-refractivity contribution in [1.29, 1.82) is 0 Å². The Bertz CT molecular complexity index is 1020. The normalized spacial score (nSPS) is 12.5. The Morgan fingerprint density at radius 2 is 1.87 bits per heavy atom. The SMILES string of the molecule is CC[C@H](Oc1ccc(C(C)(C)C)cc1)C(=O)N(C)Cc1nc(-c2cccc(C)c2)no1. The van der Waals surface area contributed by atoms with Crippen LogP contribution >= 0.6 is 0 Å². The van der Waals surface area contributed by atoms with Crippen LogP contribution in [-0.4, -0.2) is 34.1 Å². The quantitative estimate of drug-likeness (QED) is 0.527. The van der Waals surface area contributed by atoms with E-state index in [1.807, 2.05) is 62.4 Å². The highest BCUT2D eigenvalue weighted by molar-refractivity contribution is 5.81. The fraction of sp³-hybridized carbons (Fsp3) is 0.400. The highest BCUT2D eigenvalue weighted by Gasteiger charge is 2.24. The van der Waals surface area contributed by atoms with Gasteiger partial charge in [0, 0.05) is 12.6 Å². The van der Waals surface area contributed by atoms with Gasteiger partial charge in [-0.1, -0.05) is 68.7 Å². The molecule has 0 spiro atoms. The topological polar surface area (TPSA) is 68.5 Å². The van der Waals surface area contributed by atoms with Crippen LogP contribution in [0.4, 0.5) is 0 Å². The summed E-state index contributed by atoms with van der Waals surface area (Å²) in [7, 11) is 1.72. The number of amides is 1. The van der Waals surface area contributed by atoms with Gasteiger partial charge in [-0.3, -0.25) is 4.79 Å². The Hall–Kier alpha value is -3.15. The Labute approximate surface area is 184 Å². The molecule has 1 atom stereocenters. The molecule has 0 N–H and O–H groups in total. The van der Waals surface area contributed by atoms with Crippen molar-refractivity contribution in [3.63, 3.8) is 0 Å². The molecule has 0 aliphatic carbocycles. The summed E-state index contributed by atoms with van der Waals surface area (Å²) >= 11 is 0. The molecule has 0 bridgehead atoms. The molecule has 0 unspecified atom stereocenters. The van der Waals surface area contributed by atoms with Crippen LogP contribution in [0.2, 0.25) is 0 Å². The number of aryl methyl sites for hydroxylation is 1. The van der Waals surface area contributed by atoms with Gasteiger partial charge in [0.25, 0.3) is 5.91 Å². The molecule has 1 heterocycles. The van der Waals surface area contributed by atoms with Crippen LogP contribution in [0, 0.1) is 6.92 Å². The van der Waals surface area contributed by atoms with Crippen LogP contribution in [0.25, 0.3) is 11.4 Å². The Morgan fingerprint density at radius 1 is 1.16 bits per heavy atom. The highest BCUT2D eigenvalue weighted by atomic mass is 16.5. The minimum absolute atomic E-state index is 0.0695. The summed E-state index contributed by atoms with van der Waals surface area (Å²) < 4.78 is 11.3. The third-order valence-corrected chi connectivity index (χ3v) is 5.14. The first-order chi connectivity index (χ1) is 14.7. The third kappa shape index (κ3) is 5.72. The molecule has 1 aromatic heterocycles. The zero-order valence-corrected chi connectivity index (χ0v) is 19.2. The largest absolute Gasteiger partial charge is 0.481 e. The van der Waals surface area contributed by atoms with E-state index in [0.717, 1.165) is 11.1 Å². The van der Waals surface area contributed by atoms with Crippen LogP contribution in [0.5, 0.6) is 5.75 Å². The Morgan fingerprint density at radius 3 is 2.48 bits per heavy atom. The van der Waals surface area contributed by atoms with Crippen molar-refractivity contribution >= 4 is 5.91 Å². The van der Waals surface area contributed by atoms with E-state index in [0.29, 0.717) is 23.9 Å². The molecule has 6 heteroatoms. The maximum atomic E-state index is 12.9. The number of aromatic nitrogens is 2. The average molecular weight is 422 g/mol. The standard InChI is InChI=1S/C25H31N3O3/c1-7-21(30-20-13-11-19(12-14-20)25(3,4)5)24(29)28(6)16-22-26-23(27-31-22)18-10-8-9-17(2)15-18/h8-15,21H,7,16H2,1-6H3/t21-/m0/s1. The summed E-state index contributed by atoms with van der Waals surface area (Å²) in [6.07, 6.45) is -0.0209. The predicted molar refractivity (Wildman–Crippen MR) is 121 cm³/mol. The maximum absolute atomic E-state index is 12.9. The number of benzene rings is 2. The van der Waals surface area contributed by atoms with E-state index in [2.05, 4.69) is 30.9 Å². The van der Waals surface area contributed by atoms with Gasteiger partial charge in [-0.2, -0.15) is 4.98 Å². The number of ether oxygens (including phenoxy) is 1. The second-order valence-electron chi connectivity index (χ2n) is 8.86. The number of likely N-dealkylation sites (N-methyl/N-ethyl adjacent to an activating group) is 1. The van der Waals surface area contributed by atoms with Crippen LogP contribution in [0.3, 0.4) is 0 Å². The summed E-state index contributed by atoms with van der Waals surface area (Å²) in [5.74, 6) is 1.46. The summed E-state index contributed by atoms with van der Waals surface area (Å²) in [6.45, 7) is 10.7. The van der Waals surface area contributed by atoms with E-state index in [4.69, 9.17) is 9.26 Å². The zero-order chi connectivity index (χ0) is 22.6. The van der Waals surface area contributed by atoms with Crippen molar-refractivity contribution in [3.05, 3.63) is 65.5 Å². The Kier molecular flexibility index (Phi) is 6.78. The van der Waals surface area contributed by atoms with Crippen LogP contribution in [0.1, 0.15) is 51.1 Å². The molecule has 1 amide bonds. The molecule has 0 fully saturated rings. The molecule has 2 aromatic carbocycles. The van der Waals surface area contributed by atoms with Crippen molar-refractivity contribution < 1.29 is 14.1 Å². The lowest BCUT2D eigenvalue weighted by Gasteiger charge is -2.23. The third-order valence-electron chi connectivity index (χ3n) is 5.14. The molecule has 0 aliphatic rings. The second-order valence-corrected chi connectivity index (χ2v) is 8.86. The molecule has 31 heavy (non-hydrogen) atoms. The van der Waals surface area contributed by atoms with Gasteiger partial charge in [0.1, 0.15) is 5.75 Å². The maximum Gasteiger partial charge on any atom is 0.263 e. The number of carbonyl (C=O) groups excluding carboxylic acids is 1. The van der Waals surface area contributed by atoms with Gasteiger partial charge in [0.15, 0.2) is 6.10 Å². The first-order valence-electron chi connectivity index (χ1n) is 10.6. The fourth-order valence-corrected chi connectivity index (χ4v) is 3.25. The number of carbonyl (C=O) groups is 1. The molecular formula is C25H31N3O3. The molecule has 0 saturated heterocycles. The van der Waals surface area contributed by atoms with Gasteiger partial charge in [-0.15, -0.1) is 0 Å². The summed E-state index contributed by atoms with van der Waals surface area (Å²) in [4.78, 5) is 18.9. The highest BCUT2D eigenvalue weighted by Crippen LogP contribution is 2.25. The van der Waals surface area contributed by atoms with Crippen molar-refractivity contribution in [2.24, 2.45) is 0 Å². The minimum Gasteiger partial charge on any atom is -0.481 e. The van der Waals surface area contributed by atoms with Gasteiger partial charge in [0.05, 0.1) is 6.54 Å². The van der Waals surface area contributed by atoms with Gasteiger partial charge >= 0.3 is 0 Å². The number of hydrogen-bond acceptors (Lipinski definition) is 5. The lowest BCUT2D eigenvalue weighted by atomic mass is 9.87. The van der Waals surface area contributed by atoms with Crippen LogP contribution < -0.4 is 4.74 Å². The zero-order valence-electron chi connectivity index (χ0n) is 19.2. The monoisotopic (exact) mass is 421 g/mol. The number of nitrogens with zero attached hydrogens (tertiary/aromatic N) is 3. The molecule has 0 aliphatic heterocycles. The first kappa shape index (κ1) is 22.5. The van der Waals surface area contributed by atoms with E-state index >= 15 is 0 Å². The van der Waals surface area contributed by atoms with E-state index in [-0.39, 0.29) is 17.9 Å². The number of rotatable bonds is 7. The summed E-state index contributed by atoms with van der Waals surface area (Å²) in [6, 6.07) is 15.8. The molecule has 3 aromatic rings. The lowest BCUT2D eigenvalue weighted by molar-refractivity contribution is -0.138. The van der Waals surface area contributed by atoms with Crippen molar-refractivity contribution in [1.82, 2.24) is 15.0 Å². The smallest absolute Gasteiger partial charge is 0.263 e. The van der Waals surface area contributed by atoms with Gasteiger partial charge in [-0.05, 0) is 42.5 Å². The van der Waals surface area contributed by atoms with E-state index in [1.54, 1.807) is 11.9 Å². The molecule has 3 rings (SSSR count). The molecular weight excluding hydrogens is 390 g/mol. The van der Waals surface area contributed by atoms with E-state index in [1.165, 1.54) is 5.56 Å². The summed E-state index contributed by atoms with van der Waals surface area (Å²) in [5, 5.41) is 4.05.